The third-order valence-corrected chi connectivity index (χ3v) is 2.39. The Hall–Kier alpha value is -1.31. The molecule has 0 aliphatic rings. The molecule has 0 fully saturated rings. The van der Waals surface area contributed by atoms with Gasteiger partial charge < -0.3 is 5.11 Å². The Bertz CT molecular complexity index is 341. The molecular weight excluding hydrogens is 200 g/mol. The van der Waals surface area contributed by atoms with Gasteiger partial charge in [-0.1, -0.05) is 40.7 Å². The van der Waals surface area contributed by atoms with E-state index in [0.717, 1.165) is 12.0 Å². The van der Waals surface area contributed by atoms with E-state index in [2.05, 4.69) is 13.8 Å². The van der Waals surface area contributed by atoms with Crippen molar-refractivity contribution in [2.24, 2.45) is 0 Å². The van der Waals surface area contributed by atoms with Crippen LogP contribution in [0, 0.1) is 0 Å². The van der Waals surface area contributed by atoms with Gasteiger partial charge in [-0.15, -0.1) is 0 Å². The zero-order chi connectivity index (χ0) is 12.7. The fourth-order valence-corrected chi connectivity index (χ4v) is 1.61. The number of carboxylic acids is 1. The van der Waals surface area contributed by atoms with Crippen molar-refractivity contribution in [2.75, 3.05) is 0 Å². The SMILES string of the molecule is CC.CCc1cc(C(=O)O)ccc1C(C)C. The highest BCUT2D eigenvalue weighted by Crippen LogP contribution is 2.21. The van der Waals surface area contributed by atoms with Crippen molar-refractivity contribution in [3.05, 3.63) is 34.9 Å². The van der Waals surface area contributed by atoms with Gasteiger partial charge in [0.1, 0.15) is 0 Å². The Labute approximate surface area is 98.3 Å². The van der Waals surface area contributed by atoms with E-state index in [9.17, 15) is 4.79 Å². The minimum Gasteiger partial charge on any atom is -0.478 e. The number of carbonyl (C=O) groups is 1. The van der Waals surface area contributed by atoms with Crippen LogP contribution in [0.1, 0.15) is 62.0 Å². The number of hydrogen-bond acceptors (Lipinski definition) is 1. The number of aromatic carboxylic acids is 1. The summed E-state index contributed by atoms with van der Waals surface area (Å²) in [4.78, 5) is 10.8. The smallest absolute Gasteiger partial charge is 0.335 e. The molecule has 0 aromatic heterocycles. The predicted octanol–water partition coefficient (Wildman–Crippen LogP) is 4.10. The molecule has 1 aromatic rings. The molecule has 0 atom stereocenters. The molecule has 1 rings (SSSR count). The van der Waals surface area contributed by atoms with Gasteiger partial charge in [0.2, 0.25) is 0 Å². The van der Waals surface area contributed by atoms with E-state index in [0.29, 0.717) is 11.5 Å². The van der Waals surface area contributed by atoms with Crippen LogP contribution in [0.4, 0.5) is 0 Å². The average molecular weight is 222 g/mol. The molecule has 90 valence electrons. The third-order valence-electron chi connectivity index (χ3n) is 2.39. The lowest BCUT2D eigenvalue weighted by molar-refractivity contribution is 0.0696. The third kappa shape index (κ3) is 3.69. The van der Waals surface area contributed by atoms with Gasteiger partial charge in [0.05, 0.1) is 5.56 Å². The monoisotopic (exact) mass is 222 g/mol. The van der Waals surface area contributed by atoms with Gasteiger partial charge in [0.15, 0.2) is 0 Å². The van der Waals surface area contributed by atoms with Crippen LogP contribution in [-0.2, 0) is 6.42 Å². The molecule has 0 saturated heterocycles. The van der Waals surface area contributed by atoms with Crippen LogP contribution in [0.2, 0.25) is 0 Å². The largest absolute Gasteiger partial charge is 0.478 e. The molecule has 0 aliphatic carbocycles. The summed E-state index contributed by atoms with van der Waals surface area (Å²) in [5.41, 5.74) is 2.77. The van der Waals surface area contributed by atoms with E-state index in [1.165, 1.54) is 5.56 Å². The highest BCUT2D eigenvalue weighted by Gasteiger charge is 2.09. The van der Waals surface area contributed by atoms with Crippen molar-refractivity contribution < 1.29 is 9.90 Å². The van der Waals surface area contributed by atoms with Crippen molar-refractivity contribution >= 4 is 5.97 Å². The number of benzene rings is 1. The Morgan fingerprint density at radius 3 is 2.25 bits per heavy atom. The first kappa shape index (κ1) is 14.7. The molecule has 0 unspecified atom stereocenters. The standard InChI is InChI=1S/C12H16O2.C2H6/c1-4-9-7-10(12(13)14)5-6-11(9)8(2)3;1-2/h5-8H,4H2,1-3H3,(H,13,14);1-2H3. The topological polar surface area (TPSA) is 37.3 Å². The number of aryl methyl sites for hydroxylation is 1. The second kappa shape index (κ2) is 7.04. The summed E-state index contributed by atoms with van der Waals surface area (Å²) >= 11 is 0. The molecule has 2 heteroatoms. The van der Waals surface area contributed by atoms with Crippen LogP contribution in [0.25, 0.3) is 0 Å². The van der Waals surface area contributed by atoms with E-state index in [-0.39, 0.29) is 0 Å². The van der Waals surface area contributed by atoms with Crippen molar-refractivity contribution in [3.8, 4) is 0 Å². The van der Waals surface area contributed by atoms with Crippen LogP contribution >= 0.6 is 0 Å². The maximum atomic E-state index is 10.8. The molecule has 0 amide bonds. The number of hydrogen-bond donors (Lipinski definition) is 1. The summed E-state index contributed by atoms with van der Waals surface area (Å²) in [6, 6.07) is 5.38. The summed E-state index contributed by atoms with van der Waals surface area (Å²) in [7, 11) is 0. The number of rotatable bonds is 3. The highest BCUT2D eigenvalue weighted by molar-refractivity contribution is 5.87. The van der Waals surface area contributed by atoms with Gasteiger partial charge in [0, 0.05) is 0 Å². The molecular formula is C14H22O2. The van der Waals surface area contributed by atoms with Crippen molar-refractivity contribution in [1.29, 1.82) is 0 Å². The van der Waals surface area contributed by atoms with Crippen LogP contribution in [0.3, 0.4) is 0 Å². The Balaban J connectivity index is 0.00000106. The fourth-order valence-electron chi connectivity index (χ4n) is 1.61. The average Bonchev–Trinajstić information content (AvgIpc) is 2.30. The summed E-state index contributed by atoms with van der Waals surface area (Å²) in [5.74, 6) is -0.400. The normalized spacial score (nSPS) is 9.62. The van der Waals surface area contributed by atoms with Gasteiger partial charge >= 0.3 is 5.97 Å². The lowest BCUT2D eigenvalue weighted by Crippen LogP contribution is -2.01. The zero-order valence-corrected chi connectivity index (χ0v) is 10.9. The van der Waals surface area contributed by atoms with Crippen molar-refractivity contribution in [1.82, 2.24) is 0 Å². The molecule has 0 heterocycles. The van der Waals surface area contributed by atoms with Gasteiger partial charge in [-0.05, 0) is 35.6 Å². The Morgan fingerprint density at radius 1 is 1.31 bits per heavy atom. The van der Waals surface area contributed by atoms with Crippen LogP contribution in [0.15, 0.2) is 18.2 Å². The summed E-state index contributed by atoms with van der Waals surface area (Å²) in [6.07, 6.45) is 0.884. The first-order valence-corrected chi connectivity index (χ1v) is 5.92. The van der Waals surface area contributed by atoms with Crippen molar-refractivity contribution in [3.63, 3.8) is 0 Å². The summed E-state index contributed by atoms with van der Waals surface area (Å²) in [6.45, 7) is 10.3. The zero-order valence-electron chi connectivity index (χ0n) is 10.9. The molecule has 0 bridgehead atoms. The van der Waals surface area contributed by atoms with Gasteiger partial charge in [-0.25, -0.2) is 4.79 Å². The molecule has 2 nitrogen and oxygen atoms in total. The van der Waals surface area contributed by atoms with Crippen LogP contribution < -0.4 is 0 Å². The predicted molar refractivity (Wildman–Crippen MR) is 68.2 cm³/mol. The second-order valence-electron chi connectivity index (χ2n) is 3.73. The first-order valence-electron chi connectivity index (χ1n) is 5.92. The maximum Gasteiger partial charge on any atom is 0.335 e. The fraction of sp³-hybridized carbons (Fsp3) is 0.500. The minimum absolute atomic E-state index is 0.381. The number of carboxylic acid groups (broad SMARTS) is 1. The quantitative estimate of drug-likeness (QED) is 0.836. The lowest BCUT2D eigenvalue weighted by atomic mass is 9.94. The molecule has 0 radical (unpaired) electrons. The van der Waals surface area contributed by atoms with Gasteiger partial charge in [-0.3, -0.25) is 0 Å². The molecule has 1 aromatic carbocycles. The van der Waals surface area contributed by atoms with E-state index < -0.39 is 5.97 Å². The van der Waals surface area contributed by atoms with Crippen LogP contribution in [0.5, 0.6) is 0 Å². The van der Waals surface area contributed by atoms with E-state index in [1.807, 2.05) is 26.8 Å². The lowest BCUT2D eigenvalue weighted by Gasteiger charge is -2.11. The Morgan fingerprint density at radius 2 is 1.88 bits per heavy atom. The Kier molecular flexibility index (Phi) is 6.47. The first-order chi connectivity index (χ1) is 7.56. The molecule has 0 spiro atoms. The van der Waals surface area contributed by atoms with Gasteiger partial charge in [-0.2, -0.15) is 0 Å². The molecule has 16 heavy (non-hydrogen) atoms. The summed E-state index contributed by atoms with van der Waals surface area (Å²) < 4.78 is 0. The molecule has 0 saturated carbocycles. The van der Waals surface area contributed by atoms with Crippen molar-refractivity contribution in [2.45, 2.75) is 47.0 Å². The maximum absolute atomic E-state index is 10.8. The molecule has 0 aliphatic heterocycles. The second-order valence-corrected chi connectivity index (χ2v) is 3.73. The van der Waals surface area contributed by atoms with Gasteiger partial charge in [0.25, 0.3) is 0 Å². The summed E-state index contributed by atoms with van der Waals surface area (Å²) in [5, 5.41) is 8.83. The highest BCUT2D eigenvalue weighted by atomic mass is 16.4. The molecule has 1 N–H and O–H groups in total. The van der Waals surface area contributed by atoms with E-state index in [4.69, 9.17) is 5.11 Å². The van der Waals surface area contributed by atoms with E-state index in [1.54, 1.807) is 12.1 Å². The van der Waals surface area contributed by atoms with Crippen LogP contribution in [-0.4, -0.2) is 11.1 Å². The minimum atomic E-state index is -0.852. The van der Waals surface area contributed by atoms with E-state index >= 15 is 0 Å².